The summed E-state index contributed by atoms with van der Waals surface area (Å²) in [5, 5.41) is 0.316. The highest BCUT2D eigenvalue weighted by atomic mass is 35.5. The molecule has 7 heteroatoms. The number of carbonyl (C=O) groups excluding carboxylic acids is 1. The maximum absolute atomic E-state index is 11.4. The van der Waals surface area contributed by atoms with Gasteiger partial charge in [0.25, 0.3) is 0 Å². The van der Waals surface area contributed by atoms with Crippen LogP contribution in [-0.2, 0) is 4.74 Å². The highest BCUT2D eigenvalue weighted by molar-refractivity contribution is 6.32. The number of nitrogens with two attached hydrogens (primary N) is 1. The lowest BCUT2D eigenvalue weighted by Crippen LogP contribution is -2.04. The standard InChI is InChI=1S/C12H11ClN2O4/c1-2-17-11(16)9-6-18-12(15-9)19-10-4-3-7(14)5-8(10)13/h3-6H,2,14H2,1H3. The fourth-order valence-corrected chi connectivity index (χ4v) is 1.52. The number of hydrogen-bond donors (Lipinski definition) is 1. The van der Waals surface area contributed by atoms with Gasteiger partial charge in [-0.15, -0.1) is 0 Å². The second-order valence-electron chi connectivity index (χ2n) is 3.51. The van der Waals surface area contributed by atoms with Crippen LogP contribution >= 0.6 is 11.6 Å². The molecule has 2 rings (SSSR count). The first-order valence-corrected chi connectivity index (χ1v) is 5.83. The minimum Gasteiger partial charge on any atom is -0.461 e. The summed E-state index contributed by atoms with van der Waals surface area (Å²) < 4.78 is 15.1. The molecular weight excluding hydrogens is 272 g/mol. The van der Waals surface area contributed by atoms with E-state index >= 15 is 0 Å². The van der Waals surface area contributed by atoms with Gasteiger partial charge in [0.1, 0.15) is 6.26 Å². The second kappa shape index (κ2) is 5.62. The van der Waals surface area contributed by atoms with Gasteiger partial charge in [-0.1, -0.05) is 11.6 Å². The Hall–Kier alpha value is -2.21. The second-order valence-corrected chi connectivity index (χ2v) is 3.92. The van der Waals surface area contributed by atoms with Crippen LogP contribution in [0.15, 0.2) is 28.9 Å². The summed E-state index contributed by atoms with van der Waals surface area (Å²) in [6.07, 6.45) is 1.05. The van der Waals surface area contributed by atoms with E-state index in [1.54, 1.807) is 19.1 Å². The van der Waals surface area contributed by atoms with Crippen molar-refractivity contribution >= 4 is 23.3 Å². The van der Waals surface area contributed by atoms with E-state index in [0.29, 0.717) is 16.5 Å². The lowest BCUT2D eigenvalue weighted by molar-refractivity contribution is 0.0519. The van der Waals surface area contributed by atoms with E-state index in [4.69, 9.17) is 31.2 Å². The Morgan fingerprint density at radius 2 is 2.32 bits per heavy atom. The van der Waals surface area contributed by atoms with Crippen LogP contribution in [0.2, 0.25) is 5.02 Å². The van der Waals surface area contributed by atoms with Crippen LogP contribution in [0.1, 0.15) is 17.4 Å². The maximum atomic E-state index is 11.4. The molecule has 0 spiro atoms. The molecule has 2 N–H and O–H groups in total. The number of nitrogen functional groups attached to an aromatic ring is 1. The van der Waals surface area contributed by atoms with Crippen molar-refractivity contribution in [2.75, 3.05) is 12.3 Å². The number of aromatic nitrogens is 1. The van der Waals surface area contributed by atoms with Gasteiger partial charge in [0.05, 0.1) is 11.6 Å². The van der Waals surface area contributed by atoms with Crippen molar-refractivity contribution < 1.29 is 18.7 Å². The van der Waals surface area contributed by atoms with Crippen LogP contribution in [0.4, 0.5) is 5.69 Å². The third kappa shape index (κ3) is 3.17. The maximum Gasteiger partial charge on any atom is 0.399 e. The fraction of sp³-hybridized carbons (Fsp3) is 0.167. The number of benzene rings is 1. The minimum atomic E-state index is -0.579. The van der Waals surface area contributed by atoms with Crippen molar-refractivity contribution in [2.24, 2.45) is 0 Å². The zero-order chi connectivity index (χ0) is 13.8. The van der Waals surface area contributed by atoms with Gasteiger partial charge in [-0.25, -0.2) is 4.79 Å². The van der Waals surface area contributed by atoms with Crippen LogP contribution in [0.5, 0.6) is 11.8 Å². The number of ether oxygens (including phenoxy) is 2. The number of hydrogen-bond acceptors (Lipinski definition) is 6. The van der Waals surface area contributed by atoms with E-state index < -0.39 is 5.97 Å². The highest BCUT2D eigenvalue weighted by Gasteiger charge is 2.15. The summed E-state index contributed by atoms with van der Waals surface area (Å²) in [6, 6.07) is 4.73. The average molecular weight is 283 g/mol. The summed E-state index contributed by atoms with van der Waals surface area (Å²) >= 11 is 5.93. The van der Waals surface area contributed by atoms with Gasteiger partial charge in [-0.2, -0.15) is 4.98 Å². The van der Waals surface area contributed by atoms with Gasteiger partial charge in [0.2, 0.25) is 0 Å². The third-order valence-corrected chi connectivity index (χ3v) is 2.42. The van der Waals surface area contributed by atoms with Crippen LogP contribution in [-0.4, -0.2) is 17.6 Å². The van der Waals surface area contributed by atoms with Gasteiger partial charge in [0, 0.05) is 5.69 Å². The minimum absolute atomic E-state index is 0.0309. The molecule has 2 aromatic rings. The predicted molar refractivity (Wildman–Crippen MR) is 68.4 cm³/mol. The Morgan fingerprint density at radius 3 is 3.00 bits per heavy atom. The summed E-state index contributed by atoms with van der Waals surface area (Å²) in [5.41, 5.74) is 6.10. The molecule has 0 saturated heterocycles. The first-order chi connectivity index (χ1) is 9.10. The van der Waals surface area contributed by atoms with Crippen molar-refractivity contribution in [3.8, 4) is 11.8 Å². The van der Waals surface area contributed by atoms with Crippen LogP contribution in [0.3, 0.4) is 0 Å². The predicted octanol–water partition coefficient (Wildman–Crippen LogP) is 2.88. The van der Waals surface area contributed by atoms with Gasteiger partial charge >= 0.3 is 12.0 Å². The molecule has 100 valence electrons. The molecule has 1 heterocycles. The van der Waals surface area contributed by atoms with Gasteiger partial charge in [-0.05, 0) is 25.1 Å². The summed E-state index contributed by atoms with van der Waals surface area (Å²) in [7, 11) is 0. The van der Waals surface area contributed by atoms with E-state index in [0.717, 1.165) is 6.26 Å². The largest absolute Gasteiger partial charge is 0.461 e. The summed E-state index contributed by atoms with van der Waals surface area (Å²) in [6.45, 7) is 1.95. The van der Waals surface area contributed by atoms with Gasteiger partial charge in [-0.3, -0.25) is 0 Å². The van der Waals surface area contributed by atoms with Crippen molar-refractivity contribution in [3.05, 3.63) is 35.2 Å². The average Bonchev–Trinajstić information content (AvgIpc) is 2.82. The quantitative estimate of drug-likeness (QED) is 0.685. The number of anilines is 1. The molecule has 1 aromatic heterocycles. The molecule has 0 amide bonds. The first-order valence-electron chi connectivity index (χ1n) is 5.45. The highest BCUT2D eigenvalue weighted by Crippen LogP contribution is 2.30. The molecule has 0 aliphatic rings. The number of halogens is 1. The van der Waals surface area contributed by atoms with E-state index in [1.807, 2.05) is 0 Å². The van der Waals surface area contributed by atoms with Crippen molar-refractivity contribution in [2.45, 2.75) is 6.92 Å². The van der Waals surface area contributed by atoms with Gasteiger partial charge in [0.15, 0.2) is 11.4 Å². The van der Waals surface area contributed by atoms with E-state index in [9.17, 15) is 4.79 Å². The van der Waals surface area contributed by atoms with Crippen LogP contribution < -0.4 is 10.5 Å². The lowest BCUT2D eigenvalue weighted by atomic mass is 10.3. The third-order valence-electron chi connectivity index (χ3n) is 2.12. The fourth-order valence-electron chi connectivity index (χ4n) is 1.30. The lowest BCUT2D eigenvalue weighted by Gasteiger charge is -2.03. The molecule has 1 aromatic carbocycles. The van der Waals surface area contributed by atoms with Crippen molar-refractivity contribution in [1.29, 1.82) is 0 Å². The molecule has 0 aliphatic carbocycles. The smallest absolute Gasteiger partial charge is 0.399 e. The van der Waals surface area contributed by atoms with Crippen LogP contribution in [0, 0.1) is 0 Å². The molecule has 6 nitrogen and oxygen atoms in total. The Morgan fingerprint density at radius 1 is 1.53 bits per heavy atom. The Balaban J connectivity index is 2.13. The molecule has 0 atom stereocenters. The Bertz CT molecular complexity index is 597. The van der Waals surface area contributed by atoms with E-state index in [2.05, 4.69) is 4.98 Å². The zero-order valence-corrected chi connectivity index (χ0v) is 10.8. The van der Waals surface area contributed by atoms with Crippen LogP contribution in [0.25, 0.3) is 0 Å². The van der Waals surface area contributed by atoms with Crippen molar-refractivity contribution in [3.63, 3.8) is 0 Å². The molecule has 19 heavy (non-hydrogen) atoms. The summed E-state index contributed by atoms with van der Waals surface area (Å²) in [5.74, 6) is -0.252. The normalized spacial score (nSPS) is 10.2. The molecular formula is C12H11ClN2O4. The molecule has 0 bridgehead atoms. The number of esters is 1. The zero-order valence-electron chi connectivity index (χ0n) is 10.1. The Labute approximate surface area is 114 Å². The number of nitrogens with zero attached hydrogens (tertiary/aromatic N) is 1. The molecule has 0 radical (unpaired) electrons. The van der Waals surface area contributed by atoms with Gasteiger partial charge < -0.3 is 19.6 Å². The number of carbonyl (C=O) groups is 1. The van der Waals surface area contributed by atoms with Crippen molar-refractivity contribution in [1.82, 2.24) is 4.98 Å². The first kappa shape index (κ1) is 13.2. The van der Waals surface area contributed by atoms with E-state index in [-0.39, 0.29) is 18.4 Å². The number of oxazole rings is 1. The summed E-state index contributed by atoms with van der Waals surface area (Å²) in [4.78, 5) is 15.2. The SMILES string of the molecule is CCOC(=O)c1coc(Oc2ccc(N)cc2Cl)n1. The molecule has 0 unspecified atom stereocenters. The number of rotatable bonds is 4. The monoisotopic (exact) mass is 282 g/mol. The molecule has 0 aliphatic heterocycles. The molecule has 0 saturated carbocycles. The Kier molecular flexibility index (Phi) is 3.91. The molecule has 0 fully saturated rings. The topological polar surface area (TPSA) is 87.6 Å². The van der Waals surface area contributed by atoms with E-state index in [1.165, 1.54) is 6.07 Å².